The molecule has 4 rings (SSSR count). The molecule has 7 heteroatoms. The molecule has 1 fully saturated rings. The van der Waals surface area contributed by atoms with E-state index < -0.39 is 12.1 Å². The quantitative estimate of drug-likeness (QED) is 0.443. The fourth-order valence-electron chi connectivity index (χ4n) is 3.98. The largest absolute Gasteiger partial charge is 0.447 e. The molecule has 1 atom stereocenters. The van der Waals surface area contributed by atoms with Gasteiger partial charge in [-0.15, -0.1) is 0 Å². The molecule has 1 aliphatic rings. The van der Waals surface area contributed by atoms with Crippen molar-refractivity contribution in [2.45, 2.75) is 13.0 Å². The Bertz CT molecular complexity index is 1140. The Morgan fingerprint density at radius 3 is 2.21 bits per heavy atom. The van der Waals surface area contributed by atoms with Gasteiger partial charge in [-0.1, -0.05) is 71.7 Å². The highest BCUT2D eigenvalue weighted by Crippen LogP contribution is 2.30. The third kappa shape index (κ3) is 5.49. The molecule has 3 aromatic rings. The molecule has 0 bridgehead atoms. The fraction of sp³-hybridized carbons (Fsp3) is 0.231. The summed E-state index contributed by atoms with van der Waals surface area (Å²) in [4.78, 5) is 29.1. The highest BCUT2D eigenvalue weighted by atomic mass is 35.5. The van der Waals surface area contributed by atoms with E-state index in [9.17, 15) is 9.59 Å². The summed E-state index contributed by atoms with van der Waals surface area (Å²) in [6, 6.07) is 22.6. The summed E-state index contributed by atoms with van der Waals surface area (Å²) >= 11 is 12.4. The zero-order chi connectivity index (χ0) is 23.4. The van der Waals surface area contributed by atoms with Crippen LogP contribution in [0.15, 0.2) is 72.8 Å². The highest BCUT2D eigenvalue weighted by Gasteiger charge is 2.31. The van der Waals surface area contributed by atoms with E-state index in [2.05, 4.69) is 4.90 Å². The number of carbonyl (C=O) groups is 2. The van der Waals surface area contributed by atoms with Crippen LogP contribution in [0.3, 0.4) is 0 Å². The van der Waals surface area contributed by atoms with Gasteiger partial charge in [0.1, 0.15) is 0 Å². The normalized spacial score (nSPS) is 14.6. The molecule has 1 unspecified atom stereocenters. The highest BCUT2D eigenvalue weighted by molar-refractivity contribution is 6.33. The van der Waals surface area contributed by atoms with E-state index in [4.69, 9.17) is 27.9 Å². The zero-order valence-corrected chi connectivity index (χ0v) is 19.7. The van der Waals surface area contributed by atoms with E-state index in [1.54, 1.807) is 4.90 Å². The van der Waals surface area contributed by atoms with Crippen molar-refractivity contribution in [2.24, 2.45) is 0 Å². The lowest BCUT2D eigenvalue weighted by Gasteiger charge is -2.37. The van der Waals surface area contributed by atoms with Gasteiger partial charge in [-0.25, -0.2) is 0 Å². The van der Waals surface area contributed by atoms with Crippen LogP contribution in [0.4, 0.5) is 5.69 Å². The molecule has 33 heavy (non-hydrogen) atoms. The maximum Gasteiger partial charge on any atom is 0.303 e. The number of hydrogen-bond donors (Lipinski definition) is 0. The maximum absolute atomic E-state index is 13.3. The maximum atomic E-state index is 13.3. The summed E-state index contributed by atoms with van der Waals surface area (Å²) in [5, 5.41) is 1.33. The first-order valence-corrected chi connectivity index (χ1v) is 11.5. The van der Waals surface area contributed by atoms with Gasteiger partial charge < -0.3 is 14.5 Å². The van der Waals surface area contributed by atoms with Gasteiger partial charge in [0.25, 0.3) is 5.91 Å². The number of halogens is 2. The number of carbonyl (C=O) groups excluding carboxylic acids is 2. The Morgan fingerprint density at radius 1 is 0.879 bits per heavy atom. The van der Waals surface area contributed by atoms with Crippen molar-refractivity contribution in [1.82, 2.24) is 4.90 Å². The van der Waals surface area contributed by atoms with Crippen LogP contribution in [0, 0.1) is 0 Å². The molecule has 0 aromatic heterocycles. The van der Waals surface area contributed by atoms with E-state index in [-0.39, 0.29) is 5.91 Å². The summed E-state index contributed by atoms with van der Waals surface area (Å²) in [5.74, 6) is -0.720. The summed E-state index contributed by atoms with van der Waals surface area (Å²) < 4.78 is 5.46. The van der Waals surface area contributed by atoms with Crippen molar-refractivity contribution in [3.05, 3.63) is 88.4 Å². The van der Waals surface area contributed by atoms with E-state index in [0.717, 1.165) is 16.8 Å². The van der Waals surface area contributed by atoms with Crippen molar-refractivity contribution >= 4 is 40.8 Å². The van der Waals surface area contributed by atoms with Crippen molar-refractivity contribution in [3.63, 3.8) is 0 Å². The Balaban J connectivity index is 1.49. The number of nitrogens with zero attached hydrogens (tertiary/aromatic N) is 2. The summed E-state index contributed by atoms with van der Waals surface area (Å²) in [7, 11) is 0. The molecule has 0 N–H and O–H groups in total. The van der Waals surface area contributed by atoms with Crippen LogP contribution in [0.5, 0.6) is 0 Å². The number of hydrogen-bond acceptors (Lipinski definition) is 4. The second-order valence-corrected chi connectivity index (χ2v) is 8.73. The van der Waals surface area contributed by atoms with Crippen molar-refractivity contribution < 1.29 is 14.3 Å². The summed E-state index contributed by atoms with van der Waals surface area (Å²) in [6.07, 6.45) is -0.986. The van der Waals surface area contributed by atoms with Gasteiger partial charge >= 0.3 is 5.97 Å². The van der Waals surface area contributed by atoms with Crippen molar-refractivity contribution in [1.29, 1.82) is 0 Å². The minimum atomic E-state index is -0.986. The average molecular weight is 483 g/mol. The molecule has 3 aromatic carbocycles. The first kappa shape index (κ1) is 23.1. The monoisotopic (exact) mass is 482 g/mol. The Kier molecular flexibility index (Phi) is 7.21. The minimum absolute atomic E-state index is 0.221. The van der Waals surface area contributed by atoms with E-state index in [1.807, 2.05) is 72.8 Å². The van der Waals surface area contributed by atoms with Crippen LogP contribution < -0.4 is 4.90 Å². The second kappa shape index (κ2) is 10.3. The molecule has 1 heterocycles. The molecule has 1 saturated heterocycles. The molecule has 170 valence electrons. The van der Waals surface area contributed by atoms with Crippen LogP contribution in [0.25, 0.3) is 11.1 Å². The third-order valence-corrected chi connectivity index (χ3v) is 6.24. The van der Waals surface area contributed by atoms with E-state index >= 15 is 0 Å². The second-order valence-electron chi connectivity index (χ2n) is 7.88. The van der Waals surface area contributed by atoms with Gasteiger partial charge in [0.2, 0.25) is 6.10 Å². The van der Waals surface area contributed by atoms with Gasteiger partial charge in [0.05, 0.1) is 0 Å². The predicted octanol–water partition coefficient (Wildman–Crippen LogP) is 5.61. The van der Waals surface area contributed by atoms with E-state index in [0.29, 0.717) is 41.8 Å². The first-order valence-electron chi connectivity index (χ1n) is 10.7. The molecule has 0 radical (unpaired) electrons. The lowest BCUT2D eigenvalue weighted by molar-refractivity contribution is -0.159. The van der Waals surface area contributed by atoms with Gasteiger partial charge in [-0.05, 0) is 29.8 Å². The number of ether oxygens (including phenoxy) is 1. The lowest BCUT2D eigenvalue weighted by Crippen LogP contribution is -2.50. The van der Waals surface area contributed by atoms with E-state index in [1.165, 1.54) is 6.92 Å². The average Bonchev–Trinajstić information content (AvgIpc) is 2.83. The van der Waals surface area contributed by atoms with Crippen LogP contribution in [-0.4, -0.2) is 43.0 Å². The first-order chi connectivity index (χ1) is 15.9. The van der Waals surface area contributed by atoms with Gasteiger partial charge in [0.15, 0.2) is 0 Å². The van der Waals surface area contributed by atoms with Crippen LogP contribution in [0.1, 0.15) is 18.6 Å². The third-order valence-electron chi connectivity index (χ3n) is 5.67. The van der Waals surface area contributed by atoms with Gasteiger partial charge in [-0.3, -0.25) is 9.59 Å². The standard InChI is InChI=1S/C26H24Cl2N2O3/c1-18(31)33-25(20-11-9-19(10-12-20)23-7-2-3-8-24(23)28)26(32)30-15-13-29(14-16-30)22-6-4-5-21(27)17-22/h2-12,17,25H,13-16H2,1H3. The predicted molar refractivity (Wildman–Crippen MR) is 132 cm³/mol. The van der Waals surface area contributed by atoms with Gasteiger partial charge in [0, 0.05) is 60.0 Å². The van der Waals surface area contributed by atoms with Crippen molar-refractivity contribution in [2.75, 3.05) is 31.1 Å². The number of benzene rings is 3. The molecule has 0 spiro atoms. The smallest absolute Gasteiger partial charge is 0.303 e. The number of esters is 1. The number of amides is 1. The topological polar surface area (TPSA) is 49.9 Å². The zero-order valence-electron chi connectivity index (χ0n) is 18.2. The molecule has 1 amide bonds. The molecular formula is C26H24Cl2N2O3. The molecular weight excluding hydrogens is 459 g/mol. The number of piperazine rings is 1. The number of anilines is 1. The molecule has 0 saturated carbocycles. The van der Waals surface area contributed by atoms with Gasteiger partial charge in [-0.2, -0.15) is 0 Å². The van der Waals surface area contributed by atoms with Crippen LogP contribution >= 0.6 is 23.2 Å². The fourth-order valence-corrected chi connectivity index (χ4v) is 4.41. The molecule has 0 aliphatic carbocycles. The van der Waals surface area contributed by atoms with Crippen molar-refractivity contribution in [3.8, 4) is 11.1 Å². The Hall–Kier alpha value is -3.02. The molecule has 1 aliphatic heterocycles. The molecule has 5 nitrogen and oxygen atoms in total. The summed E-state index contributed by atoms with van der Waals surface area (Å²) in [5.41, 5.74) is 3.48. The summed E-state index contributed by atoms with van der Waals surface area (Å²) in [6.45, 7) is 3.71. The van der Waals surface area contributed by atoms with Crippen LogP contribution in [-0.2, 0) is 14.3 Å². The van der Waals surface area contributed by atoms with Crippen LogP contribution in [0.2, 0.25) is 10.0 Å². The number of rotatable bonds is 5. The minimum Gasteiger partial charge on any atom is -0.447 e. The lowest BCUT2D eigenvalue weighted by atomic mass is 10.0. The SMILES string of the molecule is CC(=O)OC(C(=O)N1CCN(c2cccc(Cl)c2)CC1)c1ccc(-c2ccccc2Cl)cc1. The Morgan fingerprint density at radius 2 is 1.58 bits per heavy atom. The Labute approximate surface area is 203 Å².